The topological polar surface area (TPSA) is 70.7 Å². The molecule has 8 heteroatoms. The average Bonchev–Trinajstić information content (AvgIpc) is 3.06. The largest absolute Gasteiger partial charge is 0.485 e. The van der Waals surface area contributed by atoms with Crippen molar-refractivity contribution in [2.24, 2.45) is 0 Å². The number of benzene rings is 2. The molecule has 6 nitrogen and oxygen atoms in total. The first-order chi connectivity index (χ1) is 15.7. The van der Waals surface area contributed by atoms with Crippen LogP contribution in [-0.4, -0.2) is 23.6 Å². The predicted octanol–water partition coefficient (Wildman–Crippen LogP) is 5.37. The predicted molar refractivity (Wildman–Crippen MR) is 119 cm³/mol. The van der Waals surface area contributed by atoms with Crippen LogP contribution >= 0.6 is 0 Å². The zero-order valence-corrected chi connectivity index (χ0v) is 18.2. The summed E-state index contributed by atoms with van der Waals surface area (Å²) in [5, 5.41) is 0.793. The standard InChI is InChI=1S/C25H21F2NO5/c1-14-10-24(30)33-23-12-19(8-9-20(14)23)31-13-22(29)21-11-15(2)28(16(21)3)17-4-6-18(7-5-17)32-25(26)27/h4-12,25H,13H2,1-3H3. The summed E-state index contributed by atoms with van der Waals surface area (Å²) in [6.07, 6.45) is 0. The van der Waals surface area contributed by atoms with E-state index in [0.717, 1.165) is 16.6 Å². The van der Waals surface area contributed by atoms with Gasteiger partial charge in [-0.2, -0.15) is 8.78 Å². The Morgan fingerprint density at radius 3 is 2.39 bits per heavy atom. The molecule has 0 amide bonds. The van der Waals surface area contributed by atoms with E-state index in [-0.39, 0.29) is 18.1 Å². The minimum Gasteiger partial charge on any atom is -0.485 e. The van der Waals surface area contributed by atoms with E-state index >= 15 is 0 Å². The Labute approximate surface area is 188 Å². The molecule has 0 bridgehead atoms. The minimum absolute atomic E-state index is 0.0577. The van der Waals surface area contributed by atoms with Gasteiger partial charge in [0.15, 0.2) is 6.61 Å². The molecule has 170 valence electrons. The fourth-order valence-electron chi connectivity index (χ4n) is 3.84. The number of ether oxygens (including phenoxy) is 2. The summed E-state index contributed by atoms with van der Waals surface area (Å²) in [4.78, 5) is 24.5. The second-order valence-electron chi connectivity index (χ2n) is 7.61. The third kappa shape index (κ3) is 4.64. The minimum atomic E-state index is -2.89. The summed E-state index contributed by atoms with van der Waals surface area (Å²) >= 11 is 0. The van der Waals surface area contributed by atoms with Crippen molar-refractivity contribution in [2.75, 3.05) is 6.61 Å². The van der Waals surface area contributed by atoms with Crippen LogP contribution in [-0.2, 0) is 0 Å². The molecule has 2 aromatic heterocycles. The molecule has 0 aliphatic carbocycles. The highest BCUT2D eigenvalue weighted by molar-refractivity contribution is 5.99. The Morgan fingerprint density at radius 1 is 1.00 bits per heavy atom. The Morgan fingerprint density at radius 2 is 1.70 bits per heavy atom. The number of halogens is 2. The van der Waals surface area contributed by atoms with Crippen molar-refractivity contribution >= 4 is 16.8 Å². The van der Waals surface area contributed by atoms with Crippen LogP contribution in [0.25, 0.3) is 16.7 Å². The zero-order valence-electron chi connectivity index (χ0n) is 18.2. The van der Waals surface area contributed by atoms with Crippen molar-refractivity contribution < 1.29 is 27.5 Å². The van der Waals surface area contributed by atoms with Gasteiger partial charge < -0.3 is 18.5 Å². The third-order valence-electron chi connectivity index (χ3n) is 5.34. The molecule has 4 rings (SSSR count). The SMILES string of the molecule is Cc1cc(=O)oc2cc(OCC(=O)c3cc(C)n(-c4ccc(OC(F)F)cc4)c3C)ccc12. The summed E-state index contributed by atoms with van der Waals surface area (Å²) in [7, 11) is 0. The number of aryl methyl sites for hydroxylation is 2. The summed E-state index contributed by atoms with van der Waals surface area (Å²) in [6, 6.07) is 14.4. The summed E-state index contributed by atoms with van der Waals surface area (Å²) in [6.45, 7) is 2.38. The molecule has 0 atom stereocenters. The molecule has 0 spiro atoms. The number of Topliss-reactive ketones (excluding diaryl/α,β-unsaturated/α-hetero) is 1. The van der Waals surface area contributed by atoms with E-state index < -0.39 is 12.2 Å². The van der Waals surface area contributed by atoms with Gasteiger partial charge in [0, 0.05) is 40.2 Å². The highest BCUT2D eigenvalue weighted by Gasteiger charge is 2.18. The molecular weight excluding hydrogens is 432 g/mol. The fraction of sp³-hybridized carbons (Fsp3) is 0.200. The highest BCUT2D eigenvalue weighted by atomic mass is 19.3. The smallest absolute Gasteiger partial charge is 0.387 e. The van der Waals surface area contributed by atoms with Crippen molar-refractivity contribution in [1.29, 1.82) is 0 Å². The highest BCUT2D eigenvalue weighted by Crippen LogP contribution is 2.25. The second kappa shape index (κ2) is 8.90. The number of aromatic nitrogens is 1. The Kier molecular flexibility index (Phi) is 6.00. The van der Waals surface area contributed by atoms with Crippen LogP contribution in [0.4, 0.5) is 8.78 Å². The van der Waals surface area contributed by atoms with Gasteiger partial charge in [0.25, 0.3) is 0 Å². The van der Waals surface area contributed by atoms with Gasteiger partial charge in [-0.1, -0.05) is 0 Å². The molecule has 0 radical (unpaired) electrons. The van der Waals surface area contributed by atoms with E-state index in [0.29, 0.717) is 28.3 Å². The average molecular weight is 453 g/mol. The molecule has 0 N–H and O–H groups in total. The van der Waals surface area contributed by atoms with E-state index in [2.05, 4.69) is 4.74 Å². The molecule has 0 unspecified atom stereocenters. The number of alkyl halides is 2. The first-order valence-corrected chi connectivity index (χ1v) is 10.2. The monoisotopic (exact) mass is 453 g/mol. The number of hydrogen-bond donors (Lipinski definition) is 0. The number of fused-ring (bicyclic) bond motifs is 1. The maximum absolute atomic E-state index is 12.9. The van der Waals surface area contributed by atoms with Gasteiger partial charge in [0.2, 0.25) is 5.78 Å². The van der Waals surface area contributed by atoms with E-state index in [1.54, 1.807) is 43.3 Å². The quantitative estimate of drug-likeness (QED) is 0.278. The number of hydrogen-bond acceptors (Lipinski definition) is 5. The van der Waals surface area contributed by atoms with Gasteiger partial charge in [0.05, 0.1) is 0 Å². The maximum atomic E-state index is 12.9. The van der Waals surface area contributed by atoms with Gasteiger partial charge in [-0.3, -0.25) is 4.79 Å². The fourth-order valence-corrected chi connectivity index (χ4v) is 3.84. The van der Waals surface area contributed by atoms with Crippen molar-refractivity contribution in [1.82, 2.24) is 4.57 Å². The normalized spacial score (nSPS) is 11.2. The number of carbonyl (C=O) groups is 1. The first kappa shape index (κ1) is 22.3. The Hall–Kier alpha value is -3.94. The van der Waals surface area contributed by atoms with Gasteiger partial charge in [-0.25, -0.2) is 4.79 Å². The zero-order chi connectivity index (χ0) is 23.7. The van der Waals surface area contributed by atoms with Gasteiger partial charge in [-0.15, -0.1) is 0 Å². The van der Waals surface area contributed by atoms with Crippen LogP contribution in [0.5, 0.6) is 11.5 Å². The number of nitrogens with zero attached hydrogens (tertiary/aromatic N) is 1. The van der Waals surface area contributed by atoms with Crippen LogP contribution in [0, 0.1) is 20.8 Å². The Balaban J connectivity index is 1.52. The Bertz CT molecular complexity index is 1390. The van der Waals surface area contributed by atoms with E-state index in [1.165, 1.54) is 18.2 Å². The lowest BCUT2D eigenvalue weighted by Crippen LogP contribution is -2.13. The third-order valence-corrected chi connectivity index (χ3v) is 5.34. The molecule has 0 saturated carbocycles. The van der Waals surface area contributed by atoms with Crippen LogP contribution < -0.4 is 15.1 Å². The molecule has 0 aliphatic heterocycles. The summed E-state index contributed by atoms with van der Waals surface area (Å²) in [5.74, 6) is 0.244. The lowest BCUT2D eigenvalue weighted by atomic mass is 10.1. The maximum Gasteiger partial charge on any atom is 0.387 e. The van der Waals surface area contributed by atoms with Gasteiger partial charge in [0.1, 0.15) is 17.1 Å². The van der Waals surface area contributed by atoms with Crippen molar-refractivity contribution in [3.8, 4) is 17.2 Å². The molecule has 4 aromatic rings. The molecule has 0 saturated heterocycles. The van der Waals surface area contributed by atoms with Gasteiger partial charge in [-0.05, 0) is 68.8 Å². The summed E-state index contributed by atoms with van der Waals surface area (Å²) in [5.41, 5.74) is 3.45. The van der Waals surface area contributed by atoms with Crippen LogP contribution in [0.1, 0.15) is 27.3 Å². The lowest BCUT2D eigenvalue weighted by Gasteiger charge is -2.11. The lowest BCUT2D eigenvalue weighted by molar-refractivity contribution is -0.0498. The first-order valence-electron chi connectivity index (χ1n) is 10.2. The van der Waals surface area contributed by atoms with Crippen LogP contribution in [0.2, 0.25) is 0 Å². The molecular formula is C25H21F2NO5. The molecule has 2 aromatic carbocycles. The van der Waals surface area contributed by atoms with E-state index in [1.807, 2.05) is 18.4 Å². The number of rotatable bonds is 7. The molecule has 0 fully saturated rings. The number of carbonyl (C=O) groups excluding carboxylic acids is 1. The van der Waals surface area contributed by atoms with Gasteiger partial charge >= 0.3 is 12.2 Å². The number of ketones is 1. The van der Waals surface area contributed by atoms with Crippen LogP contribution in [0.3, 0.4) is 0 Å². The second-order valence-corrected chi connectivity index (χ2v) is 7.61. The molecule has 0 aliphatic rings. The van der Waals surface area contributed by atoms with Crippen molar-refractivity contribution in [3.05, 3.63) is 87.5 Å². The molecule has 2 heterocycles. The van der Waals surface area contributed by atoms with E-state index in [4.69, 9.17) is 9.15 Å². The summed E-state index contributed by atoms with van der Waals surface area (Å²) < 4.78 is 41.9. The molecule has 33 heavy (non-hydrogen) atoms. The van der Waals surface area contributed by atoms with Crippen LogP contribution in [0.15, 0.2) is 63.8 Å². The van der Waals surface area contributed by atoms with Crippen molar-refractivity contribution in [2.45, 2.75) is 27.4 Å². The van der Waals surface area contributed by atoms with E-state index in [9.17, 15) is 18.4 Å². The van der Waals surface area contributed by atoms with Crippen molar-refractivity contribution in [3.63, 3.8) is 0 Å².